The smallest absolute Gasteiger partial charge is 0.309 e. The summed E-state index contributed by atoms with van der Waals surface area (Å²) in [5.74, 6) is -0.503. The number of ether oxygens (including phenoxy) is 1. The number of sulfone groups is 1. The fourth-order valence-corrected chi connectivity index (χ4v) is 3.63. The van der Waals surface area contributed by atoms with Crippen molar-refractivity contribution in [2.45, 2.75) is 25.2 Å². The van der Waals surface area contributed by atoms with Gasteiger partial charge in [-0.05, 0) is 49.6 Å². The lowest BCUT2D eigenvalue weighted by molar-refractivity contribution is -0.146. The zero-order chi connectivity index (χ0) is 15.1. The van der Waals surface area contributed by atoms with Crippen LogP contribution in [0.25, 0.3) is 5.57 Å². The standard InChI is InChI=1S/C14H16O5S/c1-14(2,13(15)16)7-9-8-20(17,18)12-6-10(19-3)4-5-11(9)12/h4-6,8H,7H2,1-3H3,(H,15,16). The molecule has 0 saturated heterocycles. The summed E-state index contributed by atoms with van der Waals surface area (Å²) in [6.07, 6.45) is 0.154. The van der Waals surface area contributed by atoms with Crippen molar-refractivity contribution in [3.8, 4) is 5.75 Å². The Bertz CT molecular complexity index is 698. The van der Waals surface area contributed by atoms with Crippen molar-refractivity contribution in [3.05, 3.63) is 29.2 Å². The summed E-state index contributed by atoms with van der Waals surface area (Å²) in [5.41, 5.74) is 0.0540. The largest absolute Gasteiger partial charge is 0.497 e. The lowest BCUT2D eigenvalue weighted by Crippen LogP contribution is -2.23. The van der Waals surface area contributed by atoms with Gasteiger partial charge in [-0.3, -0.25) is 4.79 Å². The van der Waals surface area contributed by atoms with E-state index in [0.717, 1.165) is 5.41 Å². The van der Waals surface area contributed by atoms with E-state index in [9.17, 15) is 13.2 Å². The number of carboxylic acid groups (broad SMARTS) is 1. The van der Waals surface area contributed by atoms with Gasteiger partial charge in [-0.1, -0.05) is 0 Å². The average molecular weight is 296 g/mol. The van der Waals surface area contributed by atoms with E-state index >= 15 is 0 Å². The molecular weight excluding hydrogens is 280 g/mol. The van der Waals surface area contributed by atoms with Crippen LogP contribution < -0.4 is 4.74 Å². The molecule has 1 heterocycles. The molecule has 20 heavy (non-hydrogen) atoms. The van der Waals surface area contributed by atoms with Crippen molar-refractivity contribution in [1.29, 1.82) is 0 Å². The number of fused-ring (bicyclic) bond motifs is 1. The van der Waals surface area contributed by atoms with Crippen LogP contribution >= 0.6 is 0 Å². The molecular formula is C14H16O5S. The third-order valence-corrected chi connectivity index (χ3v) is 4.90. The first kappa shape index (κ1) is 14.6. The van der Waals surface area contributed by atoms with E-state index in [2.05, 4.69) is 0 Å². The Labute approximate surface area is 117 Å². The van der Waals surface area contributed by atoms with Crippen LogP contribution in [-0.4, -0.2) is 26.6 Å². The third-order valence-electron chi connectivity index (χ3n) is 3.35. The summed E-state index contributed by atoms with van der Waals surface area (Å²) < 4.78 is 29.2. The van der Waals surface area contributed by atoms with Crippen molar-refractivity contribution in [3.63, 3.8) is 0 Å². The molecule has 0 radical (unpaired) electrons. The first-order valence-electron chi connectivity index (χ1n) is 6.05. The van der Waals surface area contributed by atoms with E-state index in [-0.39, 0.29) is 11.3 Å². The van der Waals surface area contributed by atoms with Crippen LogP contribution in [0.15, 0.2) is 28.5 Å². The van der Waals surface area contributed by atoms with E-state index in [1.807, 2.05) is 0 Å². The molecule has 0 fully saturated rings. The van der Waals surface area contributed by atoms with Crippen LogP contribution in [0.5, 0.6) is 5.75 Å². The van der Waals surface area contributed by atoms with Crippen molar-refractivity contribution >= 4 is 21.4 Å². The third kappa shape index (κ3) is 2.43. The summed E-state index contributed by atoms with van der Waals surface area (Å²) in [7, 11) is -2.06. The fraction of sp³-hybridized carbons (Fsp3) is 0.357. The summed E-state index contributed by atoms with van der Waals surface area (Å²) >= 11 is 0. The highest BCUT2D eigenvalue weighted by Gasteiger charge is 2.34. The highest BCUT2D eigenvalue weighted by atomic mass is 32.2. The molecule has 6 heteroatoms. The summed E-state index contributed by atoms with van der Waals surface area (Å²) in [6.45, 7) is 3.15. The molecule has 0 spiro atoms. The molecule has 1 N–H and O–H groups in total. The predicted octanol–water partition coefficient (Wildman–Crippen LogP) is 2.32. The van der Waals surface area contributed by atoms with Gasteiger partial charge < -0.3 is 9.84 Å². The van der Waals surface area contributed by atoms with Gasteiger partial charge in [0, 0.05) is 5.41 Å². The Kier molecular flexibility index (Phi) is 3.37. The average Bonchev–Trinajstić information content (AvgIpc) is 2.59. The number of methoxy groups -OCH3 is 1. The molecule has 2 rings (SSSR count). The van der Waals surface area contributed by atoms with Crippen LogP contribution in [0.1, 0.15) is 25.8 Å². The second-order valence-electron chi connectivity index (χ2n) is 5.42. The Morgan fingerprint density at radius 2 is 2.00 bits per heavy atom. The first-order chi connectivity index (χ1) is 9.17. The van der Waals surface area contributed by atoms with Crippen LogP contribution in [0.2, 0.25) is 0 Å². The number of carbonyl (C=O) groups is 1. The number of aliphatic carboxylic acids is 1. The zero-order valence-corrected chi connectivity index (χ0v) is 12.3. The number of allylic oxidation sites excluding steroid dienone is 1. The summed E-state index contributed by atoms with van der Waals surface area (Å²) in [5, 5.41) is 10.3. The molecule has 0 unspecified atom stereocenters. The molecule has 0 aliphatic carbocycles. The molecule has 0 amide bonds. The maximum atomic E-state index is 12.1. The fourth-order valence-electron chi connectivity index (χ4n) is 2.13. The number of hydrogen-bond acceptors (Lipinski definition) is 4. The lowest BCUT2D eigenvalue weighted by Gasteiger charge is -2.19. The van der Waals surface area contributed by atoms with Gasteiger partial charge in [0.1, 0.15) is 5.75 Å². The van der Waals surface area contributed by atoms with Crippen molar-refractivity contribution in [1.82, 2.24) is 0 Å². The van der Waals surface area contributed by atoms with Gasteiger partial charge >= 0.3 is 5.97 Å². The SMILES string of the molecule is COc1ccc2c(c1)S(=O)(=O)C=C2CC(C)(C)C(=O)O. The molecule has 1 aromatic carbocycles. The molecule has 1 aromatic rings. The second-order valence-corrected chi connectivity index (χ2v) is 7.18. The van der Waals surface area contributed by atoms with E-state index in [1.165, 1.54) is 13.2 Å². The first-order valence-corrected chi connectivity index (χ1v) is 7.59. The topological polar surface area (TPSA) is 80.7 Å². The maximum absolute atomic E-state index is 12.1. The van der Waals surface area contributed by atoms with Gasteiger partial charge in [0.2, 0.25) is 9.84 Å². The minimum Gasteiger partial charge on any atom is -0.497 e. The number of rotatable bonds is 4. The number of benzene rings is 1. The van der Waals surface area contributed by atoms with Gasteiger partial charge in [-0.15, -0.1) is 0 Å². The number of hydrogen-bond donors (Lipinski definition) is 1. The quantitative estimate of drug-likeness (QED) is 0.922. The predicted molar refractivity (Wildman–Crippen MR) is 74.2 cm³/mol. The Morgan fingerprint density at radius 1 is 1.35 bits per heavy atom. The van der Waals surface area contributed by atoms with Gasteiger partial charge in [0.05, 0.1) is 17.4 Å². The van der Waals surface area contributed by atoms with E-state index in [4.69, 9.17) is 9.84 Å². The molecule has 108 valence electrons. The molecule has 0 aromatic heterocycles. The lowest BCUT2D eigenvalue weighted by atomic mass is 9.84. The maximum Gasteiger partial charge on any atom is 0.309 e. The van der Waals surface area contributed by atoms with Gasteiger partial charge in [0.15, 0.2) is 0 Å². The zero-order valence-electron chi connectivity index (χ0n) is 11.5. The highest BCUT2D eigenvalue weighted by molar-refractivity contribution is 7.95. The molecule has 5 nitrogen and oxygen atoms in total. The molecule has 0 saturated carbocycles. The van der Waals surface area contributed by atoms with Gasteiger partial charge in [-0.2, -0.15) is 0 Å². The van der Waals surface area contributed by atoms with Gasteiger partial charge in [0.25, 0.3) is 0 Å². The second kappa shape index (κ2) is 4.63. The van der Waals surface area contributed by atoms with Crippen LogP contribution in [0.4, 0.5) is 0 Å². The Morgan fingerprint density at radius 3 is 2.55 bits per heavy atom. The summed E-state index contributed by atoms with van der Waals surface area (Å²) in [4.78, 5) is 11.4. The monoisotopic (exact) mass is 296 g/mol. The summed E-state index contributed by atoms with van der Waals surface area (Å²) in [6, 6.07) is 4.78. The minimum absolute atomic E-state index is 0.154. The van der Waals surface area contributed by atoms with Crippen LogP contribution in [-0.2, 0) is 14.6 Å². The van der Waals surface area contributed by atoms with E-state index < -0.39 is 21.2 Å². The van der Waals surface area contributed by atoms with Crippen molar-refractivity contribution in [2.24, 2.45) is 5.41 Å². The van der Waals surface area contributed by atoms with Crippen LogP contribution in [0, 0.1) is 5.41 Å². The van der Waals surface area contributed by atoms with Crippen molar-refractivity contribution < 1.29 is 23.1 Å². The van der Waals surface area contributed by atoms with Gasteiger partial charge in [-0.25, -0.2) is 8.42 Å². The molecule has 1 aliphatic rings. The normalized spacial score (nSPS) is 16.4. The highest BCUT2D eigenvalue weighted by Crippen LogP contribution is 2.41. The van der Waals surface area contributed by atoms with Crippen LogP contribution in [0.3, 0.4) is 0 Å². The Hall–Kier alpha value is -1.82. The molecule has 1 aliphatic heterocycles. The molecule has 0 bridgehead atoms. The minimum atomic E-state index is -3.52. The Balaban J connectivity index is 2.48. The molecule has 0 atom stereocenters. The van der Waals surface area contributed by atoms with Crippen molar-refractivity contribution in [2.75, 3.05) is 7.11 Å². The van der Waals surface area contributed by atoms with E-state index in [1.54, 1.807) is 26.0 Å². The van der Waals surface area contributed by atoms with E-state index in [0.29, 0.717) is 16.9 Å². The number of carboxylic acids is 1.